The van der Waals surface area contributed by atoms with Crippen LogP contribution in [0.1, 0.15) is 47.1 Å². The SMILES string of the molecule is O=C(O)Cn1nnc(C2CC(N3CCC4(CC3)Cc3cccc(Cl)c3C(=O)O4)=NO2)n1. The number of oxime groups is 1. The van der Waals surface area contributed by atoms with Crippen molar-refractivity contribution in [1.82, 2.24) is 25.1 Å². The van der Waals surface area contributed by atoms with Gasteiger partial charge in [-0.25, -0.2) is 4.79 Å². The third-order valence-electron chi connectivity index (χ3n) is 5.85. The molecule has 0 aliphatic carbocycles. The molecule has 1 atom stereocenters. The number of ether oxygens (including phenoxy) is 1. The van der Waals surface area contributed by atoms with Crippen molar-refractivity contribution in [2.75, 3.05) is 13.1 Å². The summed E-state index contributed by atoms with van der Waals surface area (Å²) in [5, 5.41) is 25.0. The number of piperidine rings is 1. The van der Waals surface area contributed by atoms with Crippen LogP contribution >= 0.6 is 11.6 Å². The Morgan fingerprint density at radius 1 is 1.32 bits per heavy atom. The van der Waals surface area contributed by atoms with Crippen LogP contribution < -0.4 is 0 Å². The van der Waals surface area contributed by atoms with Crippen molar-refractivity contribution >= 4 is 29.4 Å². The van der Waals surface area contributed by atoms with Gasteiger partial charge in [0.15, 0.2) is 12.6 Å². The summed E-state index contributed by atoms with van der Waals surface area (Å²) in [5.41, 5.74) is 0.859. The van der Waals surface area contributed by atoms with Gasteiger partial charge in [-0.05, 0) is 16.8 Å². The molecule has 0 radical (unpaired) electrons. The van der Waals surface area contributed by atoms with E-state index in [1.807, 2.05) is 12.1 Å². The fraction of sp³-hybridized carbons (Fsp3) is 0.474. The number of aromatic nitrogens is 4. The molecule has 3 aliphatic rings. The number of aliphatic carboxylic acids is 1. The number of halogens is 1. The van der Waals surface area contributed by atoms with E-state index < -0.39 is 17.7 Å². The summed E-state index contributed by atoms with van der Waals surface area (Å²) < 4.78 is 5.86. The van der Waals surface area contributed by atoms with Crippen LogP contribution in [0.25, 0.3) is 0 Å². The van der Waals surface area contributed by atoms with E-state index in [0.29, 0.717) is 55.2 Å². The summed E-state index contributed by atoms with van der Waals surface area (Å²) in [6.45, 7) is 0.961. The fourth-order valence-electron chi connectivity index (χ4n) is 4.29. The number of likely N-dealkylation sites (tertiary alicyclic amines) is 1. The van der Waals surface area contributed by atoms with Gasteiger partial charge in [-0.15, -0.1) is 10.2 Å². The number of carboxylic acid groups (broad SMARTS) is 1. The lowest BCUT2D eigenvalue weighted by Crippen LogP contribution is -2.51. The smallest absolute Gasteiger partial charge is 0.340 e. The number of hydrogen-bond donors (Lipinski definition) is 1. The Bertz CT molecular complexity index is 1080. The van der Waals surface area contributed by atoms with Gasteiger partial charge in [0.2, 0.25) is 5.82 Å². The zero-order valence-corrected chi connectivity index (χ0v) is 17.2. The Hall–Kier alpha value is -3.21. The number of fused-ring (bicyclic) bond motifs is 1. The third kappa shape index (κ3) is 3.69. The van der Waals surface area contributed by atoms with Crippen molar-refractivity contribution in [3.63, 3.8) is 0 Å². The molecule has 3 aliphatic heterocycles. The molecule has 4 heterocycles. The van der Waals surface area contributed by atoms with Gasteiger partial charge in [-0.3, -0.25) is 4.79 Å². The second kappa shape index (κ2) is 7.49. The van der Waals surface area contributed by atoms with Gasteiger partial charge in [0, 0.05) is 32.4 Å². The van der Waals surface area contributed by atoms with E-state index in [1.165, 1.54) is 0 Å². The van der Waals surface area contributed by atoms with Gasteiger partial charge in [-0.2, -0.15) is 4.80 Å². The number of esters is 1. The molecule has 5 rings (SSSR count). The average Bonchev–Trinajstić information content (AvgIpc) is 3.37. The maximum Gasteiger partial charge on any atom is 0.340 e. The van der Waals surface area contributed by atoms with Crippen LogP contribution in [0.15, 0.2) is 23.4 Å². The van der Waals surface area contributed by atoms with E-state index in [0.717, 1.165) is 16.2 Å². The first-order valence-corrected chi connectivity index (χ1v) is 10.3. The number of rotatable bonds is 3. The number of benzene rings is 1. The highest BCUT2D eigenvalue weighted by molar-refractivity contribution is 6.33. The molecular formula is C19H19ClN6O5. The first kappa shape index (κ1) is 19.7. The van der Waals surface area contributed by atoms with Crippen LogP contribution in [0.2, 0.25) is 5.02 Å². The molecule has 12 heteroatoms. The van der Waals surface area contributed by atoms with E-state index in [9.17, 15) is 9.59 Å². The van der Waals surface area contributed by atoms with Crippen LogP contribution in [-0.2, 0) is 27.3 Å². The van der Waals surface area contributed by atoms with E-state index in [-0.39, 0.29) is 12.5 Å². The van der Waals surface area contributed by atoms with Crippen LogP contribution in [0, 0.1) is 0 Å². The number of carboxylic acids is 1. The zero-order valence-electron chi connectivity index (χ0n) is 16.4. The molecule has 1 unspecified atom stereocenters. The van der Waals surface area contributed by atoms with Gasteiger partial charge in [-0.1, -0.05) is 28.9 Å². The summed E-state index contributed by atoms with van der Waals surface area (Å²) in [4.78, 5) is 31.9. The third-order valence-corrected chi connectivity index (χ3v) is 6.17. The lowest BCUT2D eigenvalue weighted by molar-refractivity contribution is -0.138. The highest BCUT2D eigenvalue weighted by Crippen LogP contribution is 2.39. The minimum Gasteiger partial charge on any atom is -0.480 e. The average molecular weight is 447 g/mol. The molecule has 0 amide bonds. The summed E-state index contributed by atoms with van der Waals surface area (Å²) in [7, 11) is 0. The Morgan fingerprint density at radius 3 is 2.90 bits per heavy atom. The standard InChI is InChI=1S/C19H19ClN6O5/c20-12-3-1-2-11-9-19(30-18(29)16(11)12)4-6-25(7-5-19)14-8-13(31-23-14)17-21-24-26(22-17)10-15(27)28/h1-3,13H,4-10H2,(H,27,28). The molecule has 1 spiro atoms. The largest absolute Gasteiger partial charge is 0.480 e. The van der Waals surface area contributed by atoms with Crippen LogP contribution in [-0.4, -0.2) is 66.7 Å². The number of amidine groups is 1. The maximum atomic E-state index is 12.6. The highest BCUT2D eigenvalue weighted by Gasteiger charge is 2.44. The fourth-order valence-corrected chi connectivity index (χ4v) is 4.56. The van der Waals surface area contributed by atoms with Crippen LogP contribution in [0.4, 0.5) is 0 Å². The van der Waals surface area contributed by atoms with Crippen LogP contribution in [0.5, 0.6) is 0 Å². The Kier molecular flexibility index (Phi) is 4.77. The van der Waals surface area contributed by atoms with Crippen molar-refractivity contribution in [3.8, 4) is 0 Å². The van der Waals surface area contributed by atoms with E-state index in [2.05, 4.69) is 25.5 Å². The predicted octanol–water partition coefficient (Wildman–Crippen LogP) is 1.43. The maximum absolute atomic E-state index is 12.6. The van der Waals surface area contributed by atoms with Crippen molar-refractivity contribution < 1.29 is 24.3 Å². The predicted molar refractivity (Wildman–Crippen MR) is 105 cm³/mol. The number of carbonyl (C=O) groups is 2. The lowest BCUT2D eigenvalue weighted by Gasteiger charge is -2.44. The first-order valence-electron chi connectivity index (χ1n) is 9.90. The molecular weight excluding hydrogens is 428 g/mol. The van der Waals surface area contributed by atoms with Gasteiger partial charge in [0.05, 0.1) is 17.0 Å². The molecule has 0 saturated carbocycles. The molecule has 1 aromatic heterocycles. The summed E-state index contributed by atoms with van der Waals surface area (Å²) >= 11 is 6.18. The van der Waals surface area contributed by atoms with Crippen molar-refractivity contribution in [1.29, 1.82) is 0 Å². The monoisotopic (exact) mass is 446 g/mol. The molecule has 0 bridgehead atoms. The van der Waals surface area contributed by atoms with Crippen molar-refractivity contribution in [3.05, 3.63) is 40.2 Å². The minimum absolute atomic E-state index is 0.295. The lowest BCUT2D eigenvalue weighted by atomic mass is 9.81. The summed E-state index contributed by atoms with van der Waals surface area (Å²) in [5.74, 6) is -0.357. The molecule has 1 N–H and O–H groups in total. The molecule has 1 saturated heterocycles. The van der Waals surface area contributed by atoms with Gasteiger partial charge < -0.3 is 19.6 Å². The molecule has 1 aromatic carbocycles. The van der Waals surface area contributed by atoms with Gasteiger partial charge in [0.1, 0.15) is 11.4 Å². The number of carbonyl (C=O) groups excluding carboxylic acids is 1. The van der Waals surface area contributed by atoms with E-state index in [1.54, 1.807) is 6.07 Å². The second-order valence-electron chi connectivity index (χ2n) is 7.89. The van der Waals surface area contributed by atoms with Gasteiger partial charge in [0.25, 0.3) is 0 Å². The number of nitrogens with zero attached hydrogens (tertiary/aromatic N) is 6. The zero-order chi connectivity index (χ0) is 21.6. The molecule has 2 aromatic rings. The number of tetrazole rings is 1. The molecule has 11 nitrogen and oxygen atoms in total. The van der Waals surface area contributed by atoms with Gasteiger partial charge >= 0.3 is 11.9 Å². The molecule has 162 valence electrons. The second-order valence-corrected chi connectivity index (χ2v) is 8.29. The van der Waals surface area contributed by atoms with E-state index in [4.69, 9.17) is 26.3 Å². The quantitative estimate of drug-likeness (QED) is 0.695. The summed E-state index contributed by atoms with van der Waals surface area (Å²) in [6, 6.07) is 5.49. The topological polar surface area (TPSA) is 132 Å². The highest BCUT2D eigenvalue weighted by atomic mass is 35.5. The Balaban J connectivity index is 1.21. The Labute approximate surface area is 181 Å². The molecule has 1 fully saturated rings. The van der Waals surface area contributed by atoms with Crippen molar-refractivity contribution in [2.45, 2.75) is 43.9 Å². The van der Waals surface area contributed by atoms with Crippen LogP contribution in [0.3, 0.4) is 0 Å². The molecule has 31 heavy (non-hydrogen) atoms. The Morgan fingerprint density at radius 2 is 2.13 bits per heavy atom. The van der Waals surface area contributed by atoms with E-state index >= 15 is 0 Å². The van der Waals surface area contributed by atoms with Crippen molar-refractivity contribution in [2.24, 2.45) is 5.16 Å². The summed E-state index contributed by atoms with van der Waals surface area (Å²) in [6.07, 6.45) is 1.94. The minimum atomic E-state index is -1.05. The number of hydrogen-bond acceptors (Lipinski definition) is 9. The normalized spacial score (nSPS) is 22.0. The first-order chi connectivity index (χ1) is 14.9.